The van der Waals surface area contributed by atoms with Crippen LogP contribution in [-0.2, 0) is 9.59 Å². The maximum Gasteiger partial charge on any atom is 0.291 e. The van der Waals surface area contributed by atoms with Gasteiger partial charge >= 0.3 is 0 Å². The van der Waals surface area contributed by atoms with Gasteiger partial charge in [0.15, 0.2) is 0 Å². The van der Waals surface area contributed by atoms with Crippen molar-refractivity contribution in [1.82, 2.24) is 0 Å². The quantitative estimate of drug-likeness (QED) is 0.791. The van der Waals surface area contributed by atoms with E-state index >= 15 is 0 Å². The molecule has 0 aromatic heterocycles. The molecule has 1 aromatic carbocycles. The van der Waals surface area contributed by atoms with E-state index in [0.29, 0.717) is 5.69 Å². The Morgan fingerprint density at radius 3 is 2.19 bits per heavy atom. The van der Waals surface area contributed by atoms with Gasteiger partial charge in [0.1, 0.15) is 5.75 Å². The Labute approximate surface area is 94.6 Å². The molecular formula is C12H15NO3. The monoisotopic (exact) mass is 221 g/mol. The minimum Gasteiger partial charge on any atom is -0.491 e. The molecule has 86 valence electrons. The predicted molar refractivity (Wildman–Crippen MR) is 61.5 cm³/mol. The van der Waals surface area contributed by atoms with Crippen molar-refractivity contribution in [3.05, 3.63) is 24.3 Å². The van der Waals surface area contributed by atoms with Gasteiger partial charge in [-0.1, -0.05) is 0 Å². The molecule has 1 N–H and O–H groups in total. The van der Waals surface area contributed by atoms with E-state index in [0.717, 1.165) is 5.75 Å². The highest BCUT2D eigenvalue weighted by Gasteiger charge is 2.07. The molecule has 1 aromatic rings. The predicted octanol–water partition coefficient (Wildman–Crippen LogP) is 2.00. The molecule has 0 aliphatic heterocycles. The molecule has 0 radical (unpaired) electrons. The smallest absolute Gasteiger partial charge is 0.291 e. The Kier molecular flexibility index (Phi) is 4.05. The van der Waals surface area contributed by atoms with Gasteiger partial charge in [-0.3, -0.25) is 9.59 Å². The van der Waals surface area contributed by atoms with Crippen molar-refractivity contribution in [1.29, 1.82) is 0 Å². The van der Waals surface area contributed by atoms with Crippen LogP contribution in [0.25, 0.3) is 0 Å². The summed E-state index contributed by atoms with van der Waals surface area (Å²) < 4.78 is 5.44. The average Bonchev–Trinajstić information content (AvgIpc) is 2.20. The van der Waals surface area contributed by atoms with E-state index in [-0.39, 0.29) is 6.10 Å². The lowest BCUT2D eigenvalue weighted by Gasteiger charge is -2.10. The molecule has 0 saturated carbocycles. The fourth-order valence-electron chi connectivity index (χ4n) is 1.11. The van der Waals surface area contributed by atoms with E-state index in [1.165, 1.54) is 6.92 Å². The molecular weight excluding hydrogens is 206 g/mol. The lowest BCUT2D eigenvalue weighted by atomic mass is 10.3. The third kappa shape index (κ3) is 3.73. The normalized spacial score (nSPS) is 10.0. The highest BCUT2D eigenvalue weighted by atomic mass is 16.5. The molecule has 0 aliphatic carbocycles. The first kappa shape index (κ1) is 12.2. The first-order valence-corrected chi connectivity index (χ1v) is 5.07. The van der Waals surface area contributed by atoms with Crippen molar-refractivity contribution < 1.29 is 14.3 Å². The summed E-state index contributed by atoms with van der Waals surface area (Å²) in [5.74, 6) is -0.393. The zero-order valence-electron chi connectivity index (χ0n) is 9.61. The van der Waals surface area contributed by atoms with Crippen LogP contribution in [0.5, 0.6) is 5.75 Å². The van der Waals surface area contributed by atoms with Crippen molar-refractivity contribution in [3.8, 4) is 5.75 Å². The van der Waals surface area contributed by atoms with Gasteiger partial charge in [0.25, 0.3) is 5.91 Å². The van der Waals surface area contributed by atoms with Crippen LogP contribution in [0.2, 0.25) is 0 Å². The van der Waals surface area contributed by atoms with Crippen molar-refractivity contribution in [2.45, 2.75) is 26.9 Å². The number of amides is 1. The van der Waals surface area contributed by atoms with Gasteiger partial charge < -0.3 is 10.1 Å². The number of carbonyl (C=O) groups excluding carboxylic acids is 2. The molecule has 4 nitrogen and oxygen atoms in total. The second kappa shape index (κ2) is 5.30. The summed E-state index contributed by atoms with van der Waals surface area (Å²) in [5.41, 5.74) is 0.580. The molecule has 0 atom stereocenters. The molecule has 0 heterocycles. The number of carbonyl (C=O) groups is 2. The van der Waals surface area contributed by atoms with Gasteiger partial charge in [-0.15, -0.1) is 0 Å². The maximum absolute atomic E-state index is 11.1. The van der Waals surface area contributed by atoms with Crippen molar-refractivity contribution in [2.24, 2.45) is 0 Å². The third-order valence-electron chi connectivity index (χ3n) is 1.80. The highest BCUT2D eigenvalue weighted by Crippen LogP contribution is 2.16. The van der Waals surface area contributed by atoms with E-state index in [1.54, 1.807) is 24.3 Å². The van der Waals surface area contributed by atoms with Gasteiger partial charge in [0.05, 0.1) is 6.10 Å². The molecule has 0 bridgehead atoms. The Balaban J connectivity index is 2.64. The summed E-state index contributed by atoms with van der Waals surface area (Å²) in [6.07, 6.45) is 0.109. The lowest BCUT2D eigenvalue weighted by Crippen LogP contribution is -2.19. The van der Waals surface area contributed by atoms with Crippen LogP contribution in [0.1, 0.15) is 20.8 Å². The van der Waals surface area contributed by atoms with Crippen molar-refractivity contribution in [3.63, 3.8) is 0 Å². The Bertz CT molecular complexity index is 382. The van der Waals surface area contributed by atoms with Crippen LogP contribution in [0, 0.1) is 0 Å². The molecule has 16 heavy (non-hydrogen) atoms. The van der Waals surface area contributed by atoms with Crippen LogP contribution >= 0.6 is 0 Å². The van der Waals surface area contributed by atoms with Gasteiger partial charge in [0.2, 0.25) is 5.78 Å². The number of benzene rings is 1. The zero-order chi connectivity index (χ0) is 12.1. The van der Waals surface area contributed by atoms with E-state index in [4.69, 9.17) is 4.74 Å². The van der Waals surface area contributed by atoms with Crippen LogP contribution in [0.15, 0.2) is 24.3 Å². The van der Waals surface area contributed by atoms with E-state index in [9.17, 15) is 9.59 Å². The number of Topliss-reactive ketones (excluding diaryl/α,β-unsaturated/α-hetero) is 1. The molecule has 0 saturated heterocycles. The van der Waals surface area contributed by atoms with E-state index in [2.05, 4.69) is 5.32 Å². The summed E-state index contributed by atoms with van der Waals surface area (Å²) in [7, 11) is 0. The minimum atomic E-state index is -0.613. The number of rotatable bonds is 4. The zero-order valence-corrected chi connectivity index (χ0v) is 9.61. The fourth-order valence-corrected chi connectivity index (χ4v) is 1.11. The number of ketones is 1. The largest absolute Gasteiger partial charge is 0.491 e. The van der Waals surface area contributed by atoms with Gasteiger partial charge in [-0.25, -0.2) is 0 Å². The first-order chi connectivity index (χ1) is 7.49. The fraction of sp³-hybridized carbons (Fsp3) is 0.333. The lowest BCUT2D eigenvalue weighted by molar-refractivity contribution is -0.133. The van der Waals surface area contributed by atoms with Crippen LogP contribution < -0.4 is 10.1 Å². The SMILES string of the molecule is CC(=O)C(=O)Nc1ccc(OC(C)C)cc1. The Morgan fingerprint density at radius 1 is 1.19 bits per heavy atom. The van der Waals surface area contributed by atoms with Crippen molar-refractivity contribution in [2.75, 3.05) is 5.32 Å². The molecule has 0 unspecified atom stereocenters. The first-order valence-electron chi connectivity index (χ1n) is 5.07. The summed E-state index contributed by atoms with van der Waals surface area (Å²) in [4.78, 5) is 21.8. The van der Waals surface area contributed by atoms with Gasteiger partial charge in [-0.05, 0) is 38.1 Å². The Hall–Kier alpha value is -1.84. The topological polar surface area (TPSA) is 55.4 Å². The van der Waals surface area contributed by atoms with E-state index in [1.807, 2.05) is 13.8 Å². The van der Waals surface area contributed by atoms with E-state index < -0.39 is 11.7 Å². The van der Waals surface area contributed by atoms with Crippen LogP contribution in [0.4, 0.5) is 5.69 Å². The van der Waals surface area contributed by atoms with Crippen LogP contribution in [-0.4, -0.2) is 17.8 Å². The van der Waals surface area contributed by atoms with Gasteiger partial charge in [-0.2, -0.15) is 0 Å². The minimum absolute atomic E-state index is 0.109. The summed E-state index contributed by atoms with van der Waals surface area (Å²) in [6.45, 7) is 5.10. The summed E-state index contributed by atoms with van der Waals surface area (Å²) >= 11 is 0. The van der Waals surface area contributed by atoms with Crippen LogP contribution in [0.3, 0.4) is 0 Å². The average molecular weight is 221 g/mol. The third-order valence-corrected chi connectivity index (χ3v) is 1.80. The number of anilines is 1. The van der Waals surface area contributed by atoms with Gasteiger partial charge in [0, 0.05) is 12.6 Å². The summed E-state index contributed by atoms with van der Waals surface area (Å²) in [6, 6.07) is 6.88. The molecule has 0 aliphatic rings. The number of nitrogens with one attached hydrogen (secondary N) is 1. The summed E-state index contributed by atoms with van der Waals surface area (Å²) in [5, 5.41) is 2.48. The number of hydrogen-bond acceptors (Lipinski definition) is 3. The number of hydrogen-bond donors (Lipinski definition) is 1. The second-order valence-electron chi connectivity index (χ2n) is 3.70. The maximum atomic E-state index is 11.1. The molecule has 1 amide bonds. The van der Waals surface area contributed by atoms with Crippen molar-refractivity contribution >= 4 is 17.4 Å². The standard InChI is InChI=1S/C12H15NO3/c1-8(2)16-11-6-4-10(5-7-11)13-12(15)9(3)14/h4-8H,1-3H3,(H,13,15). The molecule has 1 rings (SSSR count). The number of ether oxygens (including phenoxy) is 1. The molecule has 0 spiro atoms. The second-order valence-corrected chi connectivity index (χ2v) is 3.70. The molecule has 0 fully saturated rings. The highest BCUT2D eigenvalue weighted by molar-refractivity contribution is 6.39. The molecule has 4 heteroatoms. The Morgan fingerprint density at radius 2 is 1.75 bits per heavy atom.